The van der Waals surface area contributed by atoms with Crippen molar-refractivity contribution in [1.82, 2.24) is 4.90 Å². The molecule has 0 bridgehead atoms. The number of nitrogens with two attached hydrogens (primary N) is 1. The number of allylic oxidation sites excluding steroid dienone is 3. The Morgan fingerprint density at radius 3 is 2.73 bits per heavy atom. The normalized spacial score (nSPS) is 20.5. The second-order valence-corrected chi connectivity index (χ2v) is 3.52. The fourth-order valence-corrected chi connectivity index (χ4v) is 1.57. The van der Waals surface area contributed by atoms with Crippen molar-refractivity contribution in [3.05, 3.63) is 36.1 Å². The first-order chi connectivity index (χ1) is 7.36. The molecule has 1 saturated heterocycles. The molecule has 15 heavy (non-hydrogen) atoms. The fraction of sp³-hybridized carbons (Fsp3) is 0.500. The highest BCUT2D eigenvalue weighted by Crippen LogP contribution is 2.04. The minimum atomic E-state index is 0.843. The van der Waals surface area contributed by atoms with E-state index in [2.05, 4.69) is 23.1 Å². The smallest absolute Gasteiger partial charge is 0.0594 e. The number of hydrogen-bond donors (Lipinski definition) is 1. The van der Waals surface area contributed by atoms with E-state index in [1.807, 2.05) is 13.0 Å². The summed E-state index contributed by atoms with van der Waals surface area (Å²) < 4.78 is 5.31. The standard InChI is InChI=1S/C12H20N2O/c1-2-4-12(5-3-6-13)11-14-7-9-15-10-8-14/h2-6H,7-11,13H2,1H3/b4-2-,6-3+,12-5+. The first-order valence-electron chi connectivity index (χ1n) is 5.37. The molecule has 0 aliphatic carbocycles. The Hall–Kier alpha value is -1.06. The molecule has 0 aromatic rings. The van der Waals surface area contributed by atoms with Gasteiger partial charge in [0.1, 0.15) is 0 Å². The molecule has 0 unspecified atom stereocenters. The van der Waals surface area contributed by atoms with Crippen LogP contribution in [0.3, 0.4) is 0 Å². The Kier molecular flexibility index (Phi) is 5.81. The molecular formula is C12H20N2O. The first-order valence-corrected chi connectivity index (χ1v) is 5.37. The lowest BCUT2D eigenvalue weighted by atomic mass is 10.2. The van der Waals surface area contributed by atoms with E-state index in [0.29, 0.717) is 0 Å². The van der Waals surface area contributed by atoms with Gasteiger partial charge in [-0.2, -0.15) is 0 Å². The molecule has 0 spiro atoms. The van der Waals surface area contributed by atoms with Crippen molar-refractivity contribution in [3.8, 4) is 0 Å². The van der Waals surface area contributed by atoms with Gasteiger partial charge in [-0.05, 0) is 24.8 Å². The molecule has 1 aliphatic heterocycles. The zero-order valence-electron chi connectivity index (χ0n) is 9.36. The molecule has 2 N–H and O–H groups in total. The zero-order chi connectivity index (χ0) is 10.9. The fourth-order valence-electron chi connectivity index (χ4n) is 1.57. The van der Waals surface area contributed by atoms with Crippen LogP contribution in [0.2, 0.25) is 0 Å². The first kappa shape index (κ1) is 12.0. The van der Waals surface area contributed by atoms with Gasteiger partial charge in [-0.15, -0.1) is 0 Å². The summed E-state index contributed by atoms with van der Waals surface area (Å²) in [4.78, 5) is 2.39. The van der Waals surface area contributed by atoms with Crippen LogP contribution in [0.5, 0.6) is 0 Å². The summed E-state index contributed by atoms with van der Waals surface area (Å²) in [7, 11) is 0. The van der Waals surface area contributed by atoms with Crippen LogP contribution >= 0.6 is 0 Å². The number of hydrogen-bond acceptors (Lipinski definition) is 3. The van der Waals surface area contributed by atoms with E-state index in [-0.39, 0.29) is 0 Å². The number of nitrogens with zero attached hydrogens (tertiary/aromatic N) is 1. The maximum absolute atomic E-state index is 5.32. The highest BCUT2D eigenvalue weighted by atomic mass is 16.5. The van der Waals surface area contributed by atoms with Crippen molar-refractivity contribution in [2.75, 3.05) is 32.8 Å². The second kappa shape index (κ2) is 7.26. The van der Waals surface area contributed by atoms with Gasteiger partial charge >= 0.3 is 0 Å². The Balaban J connectivity index is 2.49. The van der Waals surface area contributed by atoms with Gasteiger partial charge in [0, 0.05) is 19.6 Å². The Morgan fingerprint density at radius 2 is 2.13 bits per heavy atom. The lowest BCUT2D eigenvalue weighted by Gasteiger charge is -2.26. The summed E-state index contributed by atoms with van der Waals surface area (Å²) in [6.45, 7) is 6.71. The summed E-state index contributed by atoms with van der Waals surface area (Å²) in [6, 6.07) is 0. The van der Waals surface area contributed by atoms with Crippen LogP contribution < -0.4 is 5.73 Å². The minimum absolute atomic E-state index is 0.843. The Bertz CT molecular complexity index is 250. The van der Waals surface area contributed by atoms with Crippen molar-refractivity contribution in [1.29, 1.82) is 0 Å². The van der Waals surface area contributed by atoms with Crippen molar-refractivity contribution in [2.24, 2.45) is 5.73 Å². The molecular weight excluding hydrogens is 188 g/mol. The van der Waals surface area contributed by atoms with Gasteiger partial charge in [-0.1, -0.05) is 18.2 Å². The third-order valence-electron chi connectivity index (χ3n) is 2.31. The molecule has 0 saturated carbocycles. The molecule has 0 aromatic heterocycles. The van der Waals surface area contributed by atoms with Gasteiger partial charge < -0.3 is 10.5 Å². The second-order valence-electron chi connectivity index (χ2n) is 3.52. The van der Waals surface area contributed by atoms with Crippen molar-refractivity contribution < 1.29 is 4.74 Å². The predicted molar refractivity (Wildman–Crippen MR) is 63.5 cm³/mol. The average Bonchev–Trinajstić information content (AvgIpc) is 2.28. The highest BCUT2D eigenvalue weighted by Gasteiger charge is 2.10. The van der Waals surface area contributed by atoms with Crippen LogP contribution in [0.25, 0.3) is 0 Å². The predicted octanol–water partition coefficient (Wildman–Crippen LogP) is 1.29. The van der Waals surface area contributed by atoms with Gasteiger partial charge in [0.25, 0.3) is 0 Å². The van der Waals surface area contributed by atoms with Crippen LogP contribution in [0.15, 0.2) is 36.1 Å². The zero-order valence-corrected chi connectivity index (χ0v) is 9.36. The number of rotatable bonds is 4. The summed E-state index contributed by atoms with van der Waals surface area (Å²) in [5, 5.41) is 0. The molecule has 1 fully saturated rings. The quantitative estimate of drug-likeness (QED) is 0.708. The van der Waals surface area contributed by atoms with Gasteiger partial charge in [-0.25, -0.2) is 0 Å². The lowest BCUT2D eigenvalue weighted by Crippen LogP contribution is -2.37. The van der Waals surface area contributed by atoms with E-state index in [1.165, 1.54) is 5.57 Å². The molecule has 0 amide bonds. The molecule has 3 heteroatoms. The van der Waals surface area contributed by atoms with E-state index >= 15 is 0 Å². The van der Waals surface area contributed by atoms with Crippen LogP contribution in [0.4, 0.5) is 0 Å². The van der Waals surface area contributed by atoms with Crippen LogP contribution in [0, 0.1) is 0 Å². The molecule has 0 radical (unpaired) electrons. The third-order valence-corrected chi connectivity index (χ3v) is 2.31. The Morgan fingerprint density at radius 1 is 1.40 bits per heavy atom. The van der Waals surface area contributed by atoms with E-state index in [1.54, 1.807) is 6.20 Å². The van der Waals surface area contributed by atoms with Crippen LogP contribution in [-0.2, 0) is 4.74 Å². The van der Waals surface area contributed by atoms with E-state index in [9.17, 15) is 0 Å². The molecule has 3 nitrogen and oxygen atoms in total. The summed E-state index contributed by atoms with van der Waals surface area (Å²) in [5.74, 6) is 0. The van der Waals surface area contributed by atoms with Gasteiger partial charge in [-0.3, -0.25) is 4.90 Å². The largest absolute Gasteiger partial charge is 0.405 e. The molecule has 1 rings (SSSR count). The maximum atomic E-state index is 5.32. The van der Waals surface area contributed by atoms with Gasteiger partial charge in [0.15, 0.2) is 0 Å². The Labute approximate surface area is 91.9 Å². The molecule has 1 heterocycles. The topological polar surface area (TPSA) is 38.5 Å². The van der Waals surface area contributed by atoms with Gasteiger partial charge in [0.05, 0.1) is 13.2 Å². The maximum Gasteiger partial charge on any atom is 0.0594 e. The van der Waals surface area contributed by atoms with Gasteiger partial charge in [0.2, 0.25) is 0 Å². The van der Waals surface area contributed by atoms with Crippen LogP contribution in [-0.4, -0.2) is 37.7 Å². The summed E-state index contributed by atoms with van der Waals surface area (Å²) in [6.07, 6.45) is 9.65. The molecule has 1 aliphatic rings. The van der Waals surface area contributed by atoms with Crippen molar-refractivity contribution >= 4 is 0 Å². The number of morpholine rings is 1. The summed E-state index contributed by atoms with van der Waals surface area (Å²) >= 11 is 0. The van der Waals surface area contributed by atoms with E-state index in [0.717, 1.165) is 32.8 Å². The van der Waals surface area contributed by atoms with E-state index in [4.69, 9.17) is 10.5 Å². The molecule has 84 valence electrons. The monoisotopic (exact) mass is 208 g/mol. The highest BCUT2D eigenvalue weighted by molar-refractivity contribution is 5.24. The van der Waals surface area contributed by atoms with E-state index < -0.39 is 0 Å². The molecule has 0 atom stereocenters. The average molecular weight is 208 g/mol. The molecule has 0 aromatic carbocycles. The third kappa shape index (κ3) is 4.81. The van der Waals surface area contributed by atoms with Crippen molar-refractivity contribution in [2.45, 2.75) is 6.92 Å². The summed E-state index contributed by atoms with van der Waals surface area (Å²) in [5.41, 5.74) is 6.60. The van der Waals surface area contributed by atoms with Crippen molar-refractivity contribution in [3.63, 3.8) is 0 Å². The lowest BCUT2D eigenvalue weighted by molar-refractivity contribution is 0.0426. The SMILES string of the molecule is C\C=C/C(=C\C=C\N)CN1CCOCC1. The number of ether oxygens (including phenoxy) is 1. The minimum Gasteiger partial charge on any atom is -0.405 e. The van der Waals surface area contributed by atoms with Crippen LogP contribution in [0.1, 0.15) is 6.92 Å².